The normalized spacial score (nSPS) is 15.1. The van der Waals surface area contributed by atoms with Crippen molar-refractivity contribution in [3.05, 3.63) is 71.1 Å². The summed E-state index contributed by atoms with van der Waals surface area (Å²) in [5.74, 6) is -0.364. The largest absolute Gasteiger partial charge is 0.447 e. The van der Waals surface area contributed by atoms with E-state index in [0.29, 0.717) is 17.8 Å². The van der Waals surface area contributed by atoms with E-state index < -0.39 is 11.9 Å². The fourth-order valence-electron chi connectivity index (χ4n) is 4.57. The molecule has 4 rings (SSSR count). The second-order valence-electron chi connectivity index (χ2n) is 10.0. The molecule has 1 atom stereocenters. The van der Waals surface area contributed by atoms with E-state index in [1.54, 1.807) is 24.4 Å². The molecule has 0 radical (unpaired) electrons. The summed E-state index contributed by atoms with van der Waals surface area (Å²) in [6, 6.07) is 13.7. The van der Waals surface area contributed by atoms with E-state index >= 15 is 0 Å². The lowest BCUT2D eigenvalue weighted by Gasteiger charge is -2.32. The molecule has 0 spiro atoms. The Hall–Kier alpha value is -3.31. The fourth-order valence-corrected chi connectivity index (χ4v) is 4.77. The van der Waals surface area contributed by atoms with Crippen LogP contribution in [0.3, 0.4) is 0 Å². The molecule has 0 saturated carbocycles. The number of carbonyl (C=O) groups excluding carboxylic acids is 2. The van der Waals surface area contributed by atoms with Crippen molar-refractivity contribution in [1.82, 2.24) is 25.4 Å². The smallest absolute Gasteiger partial charge is 0.412 e. The van der Waals surface area contributed by atoms with Gasteiger partial charge in [0.05, 0.1) is 17.6 Å². The number of rotatable bonds is 12. The summed E-state index contributed by atoms with van der Waals surface area (Å²) in [6.07, 6.45) is 2.55. The lowest BCUT2D eigenvalue weighted by Crippen LogP contribution is -2.46. The molecule has 0 unspecified atom stereocenters. The quantitative estimate of drug-likeness (QED) is 0.304. The van der Waals surface area contributed by atoms with Crippen LogP contribution in [-0.4, -0.2) is 85.7 Å². The number of nitrogens with zero attached hydrogens (tertiary/aromatic N) is 3. The maximum absolute atomic E-state index is 13.7. The summed E-state index contributed by atoms with van der Waals surface area (Å²) < 4.78 is 19.1. The van der Waals surface area contributed by atoms with Crippen LogP contribution in [0, 0.1) is 5.82 Å². The third-order valence-corrected chi connectivity index (χ3v) is 7.32. The third kappa shape index (κ3) is 9.12. The zero-order valence-electron chi connectivity index (χ0n) is 22.7. The van der Waals surface area contributed by atoms with Crippen LogP contribution < -0.4 is 16.0 Å². The predicted octanol–water partition coefficient (Wildman–Crippen LogP) is 3.88. The highest BCUT2D eigenvalue weighted by Crippen LogP contribution is 2.19. The Kier molecular flexibility index (Phi) is 11.1. The van der Waals surface area contributed by atoms with Crippen molar-refractivity contribution in [2.75, 3.05) is 58.2 Å². The van der Waals surface area contributed by atoms with Crippen molar-refractivity contribution in [2.45, 2.75) is 25.4 Å². The van der Waals surface area contributed by atoms with Crippen LogP contribution in [0.25, 0.3) is 10.8 Å². The van der Waals surface area contributed by atoms with E-state index in [1.807, 2.05) is 24.3 Å². The second-order valence-corrected chi connectivity index (χ2v) is 10.4. The molecule has 11 heteroatoms. The Morgan fingerprint density at radius 3 is 2.67 bits per heavy atom. The van der Waals surface area contributed by atoms with E-state index in [0.717, 1.165) is 49.9 Å². The number of pyridine rings is 1. The molecule has 40 heavy (non-hydrogen) atoms. The molecule has 1 aliphatic heterocycles. The lowest BCUT2D eigenvalue weighted by atomic mass is 10.1. The van der Waals surface area contributed by atoms with E-state index in [1.165, 1.54) is 6.07 Å². The molecule has 214 valence electrons. The molecular weight excluding hydrogens is 535 g/mol. The highest BCUT2D eigenvalue weighted by atomic mass is 35.5. The maximum atomic E-state index is 13.7. The van der Waals surface area contributed by atoms with Gasteiger partial charge < -0.3 is 25.2 Å². The minimum Gasteiger partial charge on any atom is -0.447 e. The SMILES string of the molecule is CN1CCN(CCC[C@@H](COC(=O)Nc2cc3ccccc3cn2)NC(=O)CNCc2cccc(F)c2Cl)CC1. The number of nitrogens with one attached hydrogen (secondary N) is 3. The van der Waals surface area contributed by atoms with Crippen LogP contribution >= 0.6 is 11.6 Å². The van der Waals surface area contributed by atoms with Gasteiger partial charge in [-0.15, -0.1) is 0 Å². The third-order valence-electron chi connectivity index (χ3n) is 6.90. The van der Waals surface area contributed by atoms with Gasteiger partial charge >= 0.3 is 6.09 Å². The Bertz CT molecular complexity index is 1290. The van der Waals surface area contributed by atoms with Gasteiger partial charge in [0.15, 0.2) is 0 Å². The standard InChI is InChI=1S/C29H36ClFN6O3/c1-36-12-14-37(15-13-36)11-5-9-24(34-27(38)19-32-17-23-8-4-10-25(31)28(23)30)20-40-29(39)35-26-16-21-6-2-3-7-22(21)18-33-26/h2-4,6-8,10,16,18,24,32H,5,9,11-15,17,19-20H2,1H3,(H,34,38)(H,33,35,39)/t24-/m0/s1. The number of anilines is 1. The average molecular weight is 571 g/mol. The number of halogens is 2. The van der Waals surface area contributed by atoms with E-state index in [4.69, 9.17) is 16.3 Å². The van der Waals surface area contributed by atoms with Gasteiger partial charge in [0.25, 0.3) is 0 Å². The molecule has 3 aromatic rings. The molecule has 9 nitrogen and oxygen atoms in total. The first kappa shape index (κ1) is 29.7. The number of aromatic nitrogens is 1. The lowest BCUT2D eigenvalue weighted by molar-refractivity contribution is -0.121. The molecule has 1 saturated heterocycles. The second kappa shape index (κ2) is 14.9. The Morgan fingerprint density at radius 2 is 1.88 bits per heavy atom. The summed E-state index contributed by atoms with van der Waals surface area (Å²) >= 11 is 6.00. The zero-order chi connectivity index (χ0) is 28.3. The van der Waals surface area contributed by atoms with Gasteiger partial charge in [-0.25, -0.2) is 14.2 Å². The first-order valence-electron chi connectivity index (χ1n) is 13.5. The predicted molar refractivity (Wildman–Crippen MR) is 155 cm³/mol. The average Bonchev–Trinajstić information content (AvgIpc) is 2.95. The van der Waals surface area contributed by atoms with Gasteiger partial charge in [0.1, 0.15) is 18.2 Å². The number of benzene rings is 2. The van der Waals surface area contributed by atoms with Crippen LogP contribution in [0.5, 0.6) is 0 Å². The molecule has 0 bridgehead atoms. The van der Waals surface area contributed by atoms with Gasteiger partial charge in [0, 0.05) is 44.3 Å². The molecule has 1 aromatic heterocycles. The van der Waals surface area contributed by atoms with E-state index in [-0.39, 0.29) is 36.7 Å². The van der Waals surface area contributed by atoms with Crippen molar-refractivity contribution in [3.63, 3.8) is 0 Å². The number of hydrogen-bond donors (Lipinski definition) is 3. The van der Waals surface area contributed by atoms with Crippen LogP contribution in [0.2, 0.25) is 5.02 Å². The van der Waals surface area contributed by atoms with Gasteiger partial charge in [-0.05, 0) is 49.5 Å². The number of amides is 2. The van der Waals surface area contributed by atoms with Gasteiger partial charge in [-0.2, -0.15) is 0 Å². The number of fused-ring (bicyclic) bond motifs is 1. The van der Waals surface area contributed by atoms with Gasteiger partial charge in [0.2, 0.25) is 5.91 Å². The van der Waals surface area contributed by atoms with Crippen molar-refractivity contribution >= 4 is 40.2 Å². The molecular formula is C29H36ClFN6O3. The molecule has 2 heterocycles. The highest BCUT2D eigenvalue weighted by Gasteiger charge is 2.18. The monoisotopic (exact) mass is 570 g/mol. The van der Waals surface area contributed by atoms with Crippen molar-refractivity contribution in [3.8, 4) is 0 Å². The summed E-state index contributed by atoms with van der Waals surface area (Å²) in [7, 11) is 2.12. The Morgan fingerprint density at radius 1 is 1.10 bits per heavy atom. The Labute approximate surface area is 239 Å². The molecule has 1 aliphatic rings. The number of hydrogen-bond acceptors (Lipinski definition) is 7. The van der Waals surface area contributed by atoms with Crippen LogP contribution in [0.1, 0.15) is 18.4 Å². The van der Waals surface area contributed by atoms with E-state index in [9.17, 15) is 14.0 Å². The minimum atomic E-state index is -0.639. The topological polar surface area (TPSA) is 98.8 Å². The minimum absolute atomic E-state index is 0.00894. The maximum Gasteiger partial charge on any atom is 0.412 e. The molecule has 3 N–H and O–H groups in total. The van der Waals surface area contributed by atoms with Crippen LogP contribution in [-0.2, 0) is 16.1 Å². The number of carbonyl (C=O) groups is 2. The number of likely N-dealkylation sites (N-methyl/N-ethyl adjacent to an activating group) is 1. The summed E-state index contributed by atoms with van der Waals surface area (Å²) in [5.41, 5.74) is 0.570. The van der Waals surface area contributed by atoms with Crippen molar-refractivity contribution in [1.29, 1.82) is 0 Å². The Balaban J connectivity index is 1.27. The van der Waals surface area contributed by atoms with Crippen molar-refractivity contribution in [2.24, 2.45) is 0 Å². The molecule has 2 amide bonds. The summed E-state index contributed by atoms with van der Waals surface area (Å²) in [4.78, 5) is 34.2. The van der Waals surface area contributed by atoms with Crippen LogP contribution in [0.4, 0.5) is 15.0 Å². The molecule has 0 aliphatic carbocycles. The fraction of sp³-hybridized carbons (Fsp3) is 0.414. The van der Waals surface area contributed by atoms with Gasteiger partial charge in [-0.1, -0.05) is 48.0 Å². The number of ether oxygens (including phenoxy) is 1. The zero-order valence-corrected chi connectivity index (χ0v) is 23.4. The van der Waals surface area contributed by atoms with Crippen molar-refractivity contribution < 1.29 is 18.7 Å². The van der Waals surface area contributed by atoms with Crippen LogP contribution in [0.15, 0.2) is 54.7 Å². The van der Waals surface area contributed by atoms with Gasteiger partial charge in [-0.3, -0.25) is 10.1 Å². The number of piperazine rings is 1. The summed E-state index contributed by atoms with van der Waals surface area (Å²) in [6.45, 7) is 5.27. The first-order valence-corrected chi connectivity index (χ1v) is 13.9. The summed E-state index contributed by atoms with van der Waals surface area (Å²) in [5, 5.41) is 10.6. The molecule has 2 aromatic carbocycles. The van der Waals surface area contributed by atoms with E-state index in [2.05, 4.69) is 37.8 Å². The molecule has 1 fully saturated rings. The highest BCUT2D eigenvalue weighted by molar-refractivity contribution is 6.31. The first-order chi connectivity index (χ1) is 19.4.